The molecule has 0 aliphatic heterocycles. The minimum absolute atomic E-state index is 0.212. The summed E-state index contributed by atoms with van der Waals surface area (Å²) < 4.78 is 9.74. The van der Waals surface area contributed by atoms with Gasteiger partial charge in [0.05, 0.1) is 6.26 Å². The molecule has 2 aromatic rings. The Balaban J connectivity index is 2.45. The van der Waals surface area contributed by atoms with Gasteiger partial charge in [-0.3, -0.25) is 0 Å². The maximum Gasteiger partial charge on any atom is 0.303 e. The van der Waals surface area contributed by atoms with Gasteiger partial charge in [0.2, 0.25) is 0 Å². The Hall–Kier alpha value is -1.71. The first-order chi connectivity index (χ1) is 5.36. The second-order valence-corrected chi connectivity index (χ2v) is 1.98. The predicted molar refractivity (Wildman–Crippen MR) is 35.9 cm³/mol. The van der Waals surface area contributed by atoms with Gasteiger partial charge < -0.3 is 13.9 Å². The van der Waals surface area contributed by atoms with Gasteiger partial charge >= 0.3 is 5.95 Å². The molecule has 0 saturated heterocycles. The molecule has 0 spiro atoms. The van der Waals surface area contributed by atoms with Crippen molar-refractivity contribution in [1.29, 1.82) is 0 Å². The SMILES string of the molecule is Oc1cnc(-c2ccco2)o1. The molecule has 11 heavy (non-hydrogen) atoms. The van der Waals surface area contributed by atoms with Crippen molar-refractivity contribution in [2.45, 2.75) is 0 Å². The molecule has 4 heteroatoms. The van der Waals surface area contributed by atoms with Gasteiger partial charge in [-0.15, -0.1) is 0 Å². The van der Waals surface area contributed by atoms with Crippen LogP contribution in [0.25, 0.3) is 11.7 Å². The van der Waals surface area contributed by atoms with Crippen LogP contribution < -0.4 is 0 Å². The molecule has 4 nitrogen and oxygen atoms in total. The summed E-state index contributed by atoms with van der Waals surface area (Å²) in [7, 11) is 0. The summed E-state index contributed by atoms with van der Waals surface area (Å²) in [5.41, 5.74) is 0. The minimum Gasteiger partial charge on any atom is -0.480 e. The van der Waals surface area contributed by atoms with Gasteiger partial charge in [0, 0.05) is 0 Å². The number of oxazole rings is 1. The Kier molecular flexibility index (Phi) is 1.18. The number of hydrogen-bond donors (Lipinski definition) is 1. The molecule has 0 saturated carbocycles. The number of hydrogen-bond acceptors (Lipinski definition) is 4. The molecule has 0 amide bonds. The van der Waals surface area contributed by atoms with Crippen LogP contribution >= 0.6 is 0 Å². The zero-order valence-electron chi connectivity index (χ0n) is 5.52. The molecule has 0 aliphatic carbocycles. The van der Waals surface area contributed by atoms with Gasteiger partial charge in [0.1, 0.15) is 6.20 Å². The molecule has 0 bridgehead atoms. The first kappa shape index (κ1) is 6.03. The Morgan fingerprint density at radius 2 is 2.36 bits per heavy atom. The van der Waals surface area contributed by atoms with Crippen LogP contribution in [0.5, 0.6) is 5.95 Å². The van der Waals surface area contributed by atoms with E-state index in [1.54, 1.807) is 12.1 Å². The molecule has 56 valence electrons. The molecule has 2 aromatic heterocycles. The fourth-order valence-electron chi connectivity index (χ4n) is 0.780. The summed E-state index contributed by atoms with van der Waals surface area (Å²) in [6, 6.07) is 3.42. The van der Waals surface area contributed by atoms with Gasteiger partial charge in [-0.1, -0.05) is 0 Å². The summed E-state index contributed by atoms with van der Waals surface area (Å²) in [4.78, 5) is 3.75. The van der Waals surface area contributed by atoms with E-state index in [1.165, 1.54) is 12.5 Å². The molecule has 1 N–H and O–H groups in total. The van der Waals surface area contributed by atoms with Crippen LogP contribution in [0.4, 0.5) is 0 Å². The lowest BCUT2D eigenvalue weighted by molar-refractivity contribution is 0.334. The maximum absolute atomic E-state index is 8.78. The smallest absolute Gasteiger partial charge is 0.303 e. The fraction of sp³-hybridized carbons (Fsp3) is 0. The van der Waals surface area contributed by atoms with Crippen LogP contribution in [0, 0.1) is 0 Å². The van der Waals surface area contributed by atoms with E-state index in [4.69, 9.17) is 13.9 Å². The van der Waals surface area contributed by atoms with Crippen LogP contribution in [-0.2, 0) is 0 Å². The molecule has 0 aliphatic rings. The molecule has 0 atom stereocenters. The zero-order chi connectivity index (χ0) is 7.68. The topological polar surface area (TPSA) is 59.4 Å². The van der Waals surface area contributed by atoms with Gasteiger partial charge in [-0.25, -0.2) is 4.98 Å². The molecule has 0 fully saturated rings. The minimum atomic E-state index is -0.212. The van der Waals surface area contributed by atoms with Crippen molar-refractivity contribution in [2.75, 3.05) is 0 Å². The maximum atomic E-state index is 8.78. The van der Waals surface area contributed by atoms with Crippen molar-refractivity contribution in [2.24, 2.45) is 0 Å². The van der Waals surface area contributed by atoms with Crippen molar-refractivity contribution in [3.8, 4) is 17.6 Å². The van der Waals surface area contributed by atoms with E-state index in [0.717, 1.165) is 0 Å². The van der Waals surface area contributed by atoms with E-state index in [0.29, 0.717) is 5.76 Å². The van der Waals surface area contributed by atoms with Crippen LogP contribution in [0.3, 0.4) is 0 Å². The molecule has 2 rings (SSSR count). The van der Waals surface area contributed by atoms with Crippen LogP contribution in [0.15, 0.2) is 33.4 Å². The standard InChI is InChI=1S/C7H5NO3/c9-6-4-8-7(11-6)5-2-1-3-10-5/h1-4,9H. The van der Waals surface area contributed by atoms with Gasteiger partial charge in [0.25, 0.3) is 5.89 Å². The summed E-state index contributed by atoms with van der Waals surface area (Å²) in [6.45, 7) is 0. The quantitative estimate of drug-likeness (QED) is 0.673. The number of aromatic nitrogens is 1. The van der Waals surface area contributed by atoms with E-state index >= 15 is 0 Å². The second kappa shape index (κ2) is 2.16. The molecule has 2 heterocycles. The number of rotatable bonds is 1. The fourth-order valence-corrected chi connectivity index (χ4v) is 0.780. The summed E-state index contributed by atoms with van der Waals surface area (Å²) in [6.07, 6.45) is 2.73. The van der Waals surface area contributed by atoms with Crippen LogP contribution in [-0.4, -0.2) is 10.1 Å². The first-order valence-corrected chi connectivity index (χ1v) is 3.05. The van der Waals surface area contributed by atoms with Gasteiger partial charge in [-0.05, 0) is 12.1 Å². The molecule has 0 radical (unpaired) electrons. The second-order valence-electron chi connectivity index (χ2n) is 1.98. The van der Waals surface area contributed by atoms with Crippen LogP contribution in [0.1, 0.15) is 0 Å². The van der Waals surface area contributed by atoms with Crippen molar-refractivity contribution in [3.05, 3.63) is 24.6 Å². The van der Waals surface area contributed by atoms with E-state index < -0.39 is 0 Å². The summed E-state index contributed by atoms with van der Waals surface area (Å²) in [5.74, 6) is 0.578. The zero-order valence-corrected chi connectivity index (χ0v) is 5.52. The Bertz CT molecular complexity index is 336. The van der Waals surface area contributed by atoms with Crippen molar-refractivity contribution >= 4 is 0 Å². The Morgan fingerprint density at radius 1 is 1.45 bits per heavy atom. The largest absolute Gasteiger partial charge is 0.480 e. The Morgan fingerprint density at radius 3 is 2.91 bits per heavy atom. The van der Waals surface area contributed by atoms with E-state index in [2.05, 4.69) is 4.98 Å². The molecular formula is C7H5NO3. The number of nitrogens with zero attached hydrogens (tertiary/aromatic N) is 1. The first-order valence-electron chi connectivity index (χ1n) is 3.05. The van der Waals surface area contributed by atoms with E-state index in [9.17, 15) is 0 Å². The molecule has 0 aromatic carbocycles. The van der Waals surface area contributed by atoms with E-state index in [1.807, 2.05) is 0 Å². The highest BCUT2D eigenvalue weighted by Gasteiger charge is 2.06. The van der Waals surface area contributed by atoms with Crippen molar-refractivity contribution in [3.63, 3.8) is 0 Å². The van der Waals surface area contributed by atoms with Crippen molar-refractivity contribution < 1.29 is 13.9 Å². The highest BCUT2D eigenvalue weighted by molar-refractivity contribution is 5.43. The van der Waals surface area contributed by atoms with Crippen molar-refractivity contribution in [1.82, 2.24) is 4.98 Å². The monoisotopic (exact) mass is 151 g/mol. The number of aromatic hydroxyl groups is 1. The molecule has 0 unspecified atom stereocenters. The van der Waals surface area contributed by atoms with Crippen LogP contribution in [0.2, 0.25) is 0 Å². The average molecular weight is 151 g/mol. The number of furan rings is 1. The highest BCUT2D eigenvalue weighted by atomic mass is 16.5. The lowest BCUT2D eigenvalue weighted by atomic mass is 10.4. The lowest BCUT2D eigenvalue weighted by Crippen LogP contribution is -1.68. The summed E-state index contributed by atoms with van der Waals surface area (Å²) in [5, 5.41) is 8.78. The molecular weight excluding hydrogens is 146 g/mol. The third kappa shape index (κ3) is 0.980. The highest BCUT2D eigenvalue weighted by Crippen LogP contribution is 2.21. The summed E-state index contributed by atoms with van der Waals surface area (Å²) >= 11 is 0. The third-order valence-electron chi connectivity index (χ3n) is 1.23. The normalized spacial score (nSPS) is 10.2. The van der Waals surface area contributed by atoms with Gasteiger partial charge in [0.15, 0.2) is 5.76 Å². The average Bonchev–Trinajstić information content (AvgIpc) is 2.55. The Labute approximate surface area is 62.1 Å². The van der Waals surface area contributed by atoms with E-state index in [-0.39, 0.29) is 11.8 Å². The predicted octanol–water partition coefficient (Wildman–Crippen LogP) is 1.64. The van der Waals surface area contributed by atoms with Gasteiger partial charge in [-0.2, -0.15) is 0 Å². The lowest BCUT2D eigenvalue weighted by Gasteiger charge is -1.83. The third-order valence-corrected chi connectivity index (χ3v) is 1.23.